The van der Waals surface area contributed by atoms with Gasteiger partial charge >= 0.3 is 7.82 Å². The normalized spacial score (nSPS) is 42.7. The molecule has 19 heteroatoms. The molecule has 0 atom stereocenters. The molecule has 0 bridgehead atoms. The number of aliphatic hydroxyl groups is 12. The molecule has 0 amide bonds. The standard InChI is InChI=1S/2C6H12O6.C3H9NO.H3O4P/c2*7-1-2(8)4(10)6(12)5(11)3(1)9;1-4(2,3)5;1-5(2,3)4/h2*1-12H;1-3H3;(H3,1,2,3,4)/t2*1-,2-,3-,4+,5-,6-;;. The van der Waals surface area contributed by atoms with Gasteiger partial charge in [0.25, 0.3) is 0 Å². The summed E-state index contributed by atoms with van der Waals surface area (Å²) in [5, 5.41) is 118. The lowest BCUT2D eigenvalue weighted by Crippen LogP contribution is -2.63. The van der Waals surface area contributed by atoms with Crippen LogP contribution in [-0.4, -0.2) is 175 Å². The highest BCUT2D eigenvalue weighted by molar-refractivity contribution is 7.45. The van der Waals surface area contributed by atoms with Crippen LogP contribution in [0.5, 0.6) is 0 Å². The molecule has 15 N–H and O–H groups in total. The quantitative estimate of drug-likeness (QED) is 0.0780. The predicted molar refractivity (Wildman–Crippen MR) is 108 cm³/mol. The number of hydrogen-bond acceptors (Lipinski definition) is 14. The van der Waals surface area contributed by atoms with E-state index in [-0.39, 0.29) is 4.65 Å². The molecule has 2 rings (SSSR count). The number of phosphoric acid groups is 1. The second kappa shape index (κ2) is 14.3. The summed E-state index contributed by atoms with van der Waals surface area (Å²) in [4.78, 5) is 21.6. The molecule has 0 aromatic heterocycles. The Balaban J connectivity index is 0. The largest absolute Gasteiger partial charge is 0.633 e. The first kappa shape index (κ1) is 35.7. The van der Waals surface area contributed by atoms with Gasteiger partial charge < -0.3 is 85.8 Å². The third-order valence-electron chi connectivity index (χ3n) is 4.20. The third kappa shape index (κ3) is 13.0. The van der Waals surface area contributed by atoms with E-state index in [1.165, 1.54) is 0 Å². The number of hydrogen-bond donors (Lipinski definition) is 15. The third-order valence-corrected chi connectivity index (χ3v) is 4.20. The number of quaternary nitrogens is 1. The van der Waals surface area contributed by atoms with Gasteiger partial charge in [0.15, 0.2) is 0 Å². The SMILES string of the molecule is C[N+](C)(C)[O-].O=P(O)(O)O.O[C@H]1[C@H](O)[C@@H](O)[C@H](O)[C@@H](O)[C@H]1O.O[C@H]1[C@H](O)[C@@H](O)[C@H](O)[C@@H](O)[C@H]1O. The van der Waals surface area contributed by atoms with E-state index >= 15 is 0 Å². The van der Waals surface area contributed by atoms with Gasteiger partial charge in [-0.3, -0.25) is 0 Å². The lowest BCUT2D eigenvalue weighted by atomic mass is 9.85. The molecule has 18 nitrogen and oxygen atoms in total. The lowest BCUT2D eigenvalue weighted by molar-refractivity contribution is -0.818. The first-order valence-electron chi connectivity index (χ1n) is 9.41. The fraction of sp³-hybridized carbons (Fsp3) is 1.00. The van der Waals surface area contributed by atoms with E-state index in [1.807, 2.05) is 0 Å². The van der Waals surface area contributed by atoms with Crippen molar-refractivity contribution >= 4 is 7.82 Å². The number of aliphatic hydroxyl groups excluding tert-OH is 12. The van der Waals surface area contributed by atoms with Crippen LogP contribution in [0.2, 0.25) is 0 Å². The zero-order valence-electron chi connectivity index (χ0n) is 18.3. The summed E-state index contributed by atoms with van der Waals surface area (Å²) < 4.78 is 8.63. The Labute approximate surface area is 193 Å². The molecule has 0 aromatic carbocycles. The van der Waals surface area contributed by atoms with Gasteiger partial charge in [-0.2, -0.15) is 0 Å². The molecular weight excluding hydrogens is 497 g/mol. The first-order valence-corrected chi connectivity index (χ1v) is 11.0. The molecule has 0 radical (unpaired) electrons. The van der Waals surface area contributed by atoms with Gasteiger partial charge in [0.2, 0.25) is 0 Å². The second-order valence-corrected chi connectivity index (χ2v) is 9.32. The second-order valence-electron chi connectivity index (χ2n) is 8.29. The molecule has 0 unspecified atom stereocenters. The van der Waals surface area contributed by atoms with E-state index in [2.05, 4.69) is 0 Å². The fourth-order valence-electron chi connectivity index (χ4n) is 2.42. The van der Waals surface area contributed by atoms with Crippen LogP contribution in [0.1, 0.15) is 0 Å². The average Bonchev–Trinajstić information content (AvgIpc) is 2.68. The zero-order chi connectivity index (χ0) is 27.9. The highest BCUT2D eigenvalue weighted by atomic mass is 31.2. The highest BCUT2D eigenvalue weighted by Crippen LogP contribution is 2.26. The summed E-state index contributed by atoms with van der Waals surface area (Å²) in [6.07, 6.45) is -19.7. The van der Waals surface area contributed by atoms with Crippen molar-refractivity contribution < 1.29 is 85.2 Å². The maximum Gasteiger partial charge on any atom is 0.466 e. The molecule has 0 aliphatic heterocycles. The fourth-order valence-corrected chi connectivity index (χ4v) is 2.42. The van der Waals surface area contributed by atoms with Crippen molar-refractivity contribution in [2.75, 3.05) is 21.1 Å². The van der Waals surface area contributed by atoms with Crippen molar-refractivity contribution in [2.45, 2.75) is 73.2 Å². The smallest absolute Gasteiger partial charge is 0.466 e. The maximum atomic E-state index is 10.0. The van der Waals surface area contributed by atoms with E-state index in [4.69, 9.17) is 80.5 Å². The molecular formula is C15H36NO17P. The van der Waals surface area contributed by atoms with Crippen molar-refractivity contribution in [3.8, 4) is 0 Å². The van der Waals surface area contributed by atoms with Crippen LogP contribution in [0.4, 0.5) is 0 Å². The van der Waals surface area contributed by atoms with Crippen LogP contribution < -0.4 is 0 Å². The molecule has 0 heterocycles. The number of hydroxylamine groups is 3. The van der Waals surface area contributed by atoms with Crippen molar-refractivity contribution in [2.24, 2.45) is 0 Å². The summed E-state index contributed by atoms with van der Waals surface area (Å²) in [5.74, 6) is 0. The minimum absolute atomic E-state index is 0.250. The first-order chi connectivity index (χ1) is 14.9. The average molecular weight is 533 g/mol. The van der Waals surface area contributed by atoms with Gasteiger partial charge in [-0.25, -0.2) is 4.57 Å². The van der Waals surface area contributed by atoms with Crippen LogP contribution in [0.3, 0.4) is 0 Å². The van der Waals surface area contributed by atoms with Gasteiger partial charge in [-0.1, -0.05) is 0 Å². The van der Waals surface area contributed by atoms with E-state index in [9.17, 15) is 5.21 Å². The molecule has 2 aliphatic carbocycles. The Morgan fingerprint density at radius 1 is 0.441 bits per heavy atom. The Hall–Kier alpha value is -0.450. The summed E-state index contributed by atoms with van der Waals surface area (Å²) >= 11 is 0. The molecule has 0 spiro atoms. The molecule has 0 aromatic rings. The molecule has 2 aliphatic rings. The van der Waals surface area contributed by atoms with Gasteiger partial charge in [0, 0.05) is 0 Å². The van der Waals surface area contributed by atoms with Crippen LogP contribution in [0.25, 0.3) is 0 Å². The van der Waals surface area contributed by atoms with Gasteiger partial charge in [0.05, 0.1) is 21.1 Å². The molecule has 2 saturated carbocycles. The number of nitrogens with zero attached hydrogens (tertiary/aromatic N) is 1. The summed E-state index contributed by atoms with van der Waals surface area (Å²) in [7, 11) is 0.0694. The molecule has 208 valence electrons. The van der Waals surface area contributed by atoms with Crippen molar-refractivity contribution in [1.82, 2.24) is 0 Å². The van der Waals surface area contributed by atoms with Crippen molar-refractivity contribution in [1.29, 1.82) is 0 Å². The minimum atomic E-state index is -4.64. The van der Waals surface area contributed by atoms with E-state index < -0.39 is 81.1 Å². The Morgan fingerprint density at radius 3 is 0.500 bits per heavy atom. The zero-order valence-corrected chi connectivity index (χ0v) is 19.2. The lowest BCUT2D eigenvalue weighted by Gasteiger charge is -2.39. The number of rotatable bonds is 0. The van der Waals surface area contributed by atoms with E-state index in [0.717, 1.165) is 0 Å². The Bertz CT molecular complexity index is 449. The Kier molecular flexibility index (Phi) is 15.1. The molecule has 0 saturated heterocycles. The highest BCUT2D eigenvalue weighted by Gasteiger charge is 2.48. The van der Waals surface area contributed by atoms with E-state index in [1.54, 1.807) is 21.1 Å². The summed E-state index contributed by atoms with van der Waals surface area (Å²) in [5.41, 5.74) is 0. The van der Waals surface area contributed by atoms with Crippen LogP contribution in [0, 0.1) is 5.21 Å². The van der Waals surface area contributed by atoms with Crippen molar-refractivity contribution in [3.63, 3.8) is 0 Å². The topological polar surface area (TPSA) is 344 Å². The predicted octanol–water partition coefficient (Wildman–Crippen LogP) is -8.41. The Morgan fingerprint density at radius 2 is 0.471 bits per heavy atom. The van der Waals surface area contributed by atoms with Gasteiger partial charge in [-0.15, -0.1) is 0 Å². The van der Waals surface area contributed by atoms with E-state index in [0.29, 0.717) is 0 Å². The summed E-state index contributed by atoms with van der Waals surface area (Å²) in [6.45, 7) is 0. The monoisotopic (exact) mass is 533 g/mol. The van der Waals surface area contributed by atoms with Crippen LogP contribution >= 0.6 is 7.82 Å². The van der Waals surface area contributed by atoms with Gasteiger partial charge in [-0.05, 0) is 0 Å². The van der Waals surface area contributed by atoms with Crippen molar-refractivity contribution in [3.05, 3.63) is 5.21 Å². The molecule has 2 fully saturated rings. The maximum absolute atomic E-state index is 10.0. The molecule has 34 heavy (non-hydrogen) atoms. The minimum Gasteiger partial charge on any atom is -0.633 e. The van der Waals surface area contributed by atoms with Crippen LogP contribution in [0.15, 0.2) is 0 Å². The van der Waals surface area contributed by atoms with Crippen LogP contribution in [-0.2, 0) is 4.57 Å². The van der Waals surface area contributed by atoms with Gasteiger partial charge in [0.1, 0.15) is 73.2 Å². The summed E-state index contributed by atoms with van der Waals surface area (Å²) in [6, 6.07) is 0.